The van der Waals surface area contributed by atoms with E-state index in [1.165, 1.54) is 0 Å². The van der Waals surface area contributed by atoms with Crippen molar-refractivity contribution >= 4 is 5.97 Å². The third-order valence-corrected chi connectivity index (χ3v) is 3.78. The summed E-state index contributed by atoms with van der Waals surface area (Å²) in [6, 6.07) is 23.5. The zero-order valence-electron chi connectivity index (χ0n) is 13.2. The summed E-state index contributed by atoms with van der Waals surface area (Å²) in [5.74, 6) is 0.231. The summed E-state index contributed by atoms with van der Waals surface area (Å²) in [6.07, 6.45) is 0. The van der Waals surface area contributed by atoms with Gasteiger partial charge in [0.1, 0.15) is 5.75 Å². The molecule has 0 unspecified atom stereocenters. The van der Waals surface area contributed by atoms with E-state index in [1.54, 1.807) is 0 Å². The zero-order valence-corrected chi connectivity index (χ0v) is 13.2. The summed E-state index contributed by atoms with van der Waals surface area (Å²) in [6.45, 7) is 3.87. The SMILES string of the molecule is Cc1ccc(C)c(C(=O)Oc2ccc(-c3ccccc3)cc2)c1. The molecule has 0 N–H and O–H groups in total. The van der Waals surface area contributed by atoms with Gasteiger partial charge in [-0.25, -0.2) is 4.79 Å². The van der Waals surface area contributed by atoms with Gasteiger partial charge in [-0.3, -0.25) is 0 Å². The van der Waals surface area contributed by atoms with E-state index in [0.717, 1.165) is 22.3 Å². The highest BCUT2D eigenvalue weighted by atomic mass is 16.5. The Morgan fingerprint density at radius 1 is 0.783 bits per heavy atom. The van der Waals surface area contributed by atoms with Crippen LogP contribution < -0.4 is 4.74 Å². The molecule has 3 rings (SSSR count). The molecule has 0 aliphatic rings. The normalized spacial score (nSPS) is 10.3. The van der Waals surface area contributed by atoms with Gasteiger partial charge in [0.2, 0.25) is 0 Å². The van der Waals surface area contributed by atoms with Crippen molar-refractivity contribution in [1.82, 2.24) is 0 Å². The van der Waals surface area contributed by atoms with Crippen molar-refractivity contribution in [3.63, 3.8) is 0 Å². The fraction of sp³-hybridized carbons (Fsp3) is 0.0952. The minimum absolute atomic E-state index is 0.321. The van der Waals surface area contributed by atoms with E-state index in [4.69, 9.17) is 4.74 Å². The first-order chi connectivity index (χ1) is 11.1. The van der Waals surface area contributed by atoms with Gasteiger partial charge in [-0.2, -0.15) is 0 Å². The first kappa shape index (κ1) is 15.0. The molecule has 0 bridgehead atoms. The van der Waals surface area contributed by atoms with Crippen molar-refractivity contribution in [2.45, 2.75) is 13.8 Å². The van der Waals surface area contributed by atoms with Crippen LogP contribution in [0.3, 0.4) is 0 Å². The Balaban J connectivity index is 1.78. The molecule has 3 aromatic rings. The molecule has 114 valence electrons. The lowest BCUT2D eigenvalue weighted by molar-refractivity contribution is 0.0734. The summed E-state index contributed by atoms with van der Waals surface area (Å²) in [5, 5.41) is 0. The van der Waals surface area contributed by atoms with E-state index in [1.807, 2.05) is 74.5 Å². The van der Waals surface area contributed by atoms with Gasteiger partial charge in [0.15, 0.2) is 0 Å². The topological polar surface area (TPSA) is 26.3 Å². The molecule has 0 amide bonds. The molecule has 0 spiro atoms. The average Bonchev–Trinajstić information content (AvgIpc) is 2.58. The molecular formula is C21H18O2. The number of esters is 1. The van der Waals surface area contributed by atoms with Gasteiger partial charge in [-0.05, 0) is 48.7 Å². The van der Waals surface area contributed by atoms with Crippen LogP contribution in [0, 0.1) is 13.8 Å². The van der Waals surface area contributed by atoms with E-state index in [0.29, 0.717) is 11.3 Å². The minimum Gasteiger partial charge on any atom is -0.423 e. The number of hydrogen-bond donors (Lipinski definition) is 0. The second kappa shape index (κ2) is 6.49. The molecule has 0 heterocycles. The van der Waals surface area contributed by atoms with Gasteiger partial charge in [-0.1, -0.05) is 60.2 Å². The second-order valence-electron chi connectivity index (χ2n) is 5.60. The first-order valence-electron chi connectivity index (χ1n) is 7.58. The lowest BCUT2D eigenvalue weighted by atomic mass is 10.1. The van der Waals surface area contributed by atoms with Gasteiger partial charge in [-0.15, -0.1) is 0 Å². The molecule has 0 atom stereocenters. The highest BCUT2D eigenvalue weighted by Crippen LogP contribution is 2.23. The highest BCUT2D eigenvalue weighted by Gasteiger charge is 2.12. The van der Waals surface area contributed by atoms with Crippen molar-refractivity contribution in [1.29, 1.82) is 0 Å². The first-order valence-corrected chi connectivity index (χ1v) is 7.58. The molecule has 0 saturated heterocycles. The van der Waals surface area contributed by atoms with Crippen LogP contribution in [0.5, 0.6) is 5.75 Å². The molecule has 0 fully saturated rings. The summed E-state index contributed by atoms with van der Waals surface area (Å²) >= 11 is 0. The smallest absolute Gasteiger partial charge is 0.343 e. The highest BCUT2D eigenvalue weighted by molar-refractivity contribution is 5.92. The standard InChI is InChI=1S/C21H18O2/c1-15-8-9-16(2)20(14-15)21(22)23-19-12-10-18(11-13-19)17-6-4-3-5-7-17/h3-14H,1-2H3. The maximum Gasteiger partial charge on any atom is 0.343 e. The van der Waals surface area contributed by atoms with Gasteiger partial charge >= 0.3 is 5.97 Å². The fourth-order valence-electron chi connectivity index (χ4n) is 2.46. The largest absolute Gasteiger partial charge is 0.423 e. The fourth-order valence-corrected chi connectivity index (χ4v) is 2.46. The molecule has 0 aliphatic heterocycles. The van der Waals surface area contributed by atoms with Crippen LogP contribution in [-0.2, 0) is 0 Å². The molecule has 0 aliphatic carbocycles. The van der Waals surface area contributed by atoms with Crippen molar-refractivity contribution in [2.75, 3.05) is 0 Å². The minimum atomic E-state index is -0.321. The van der Waals surface area contributed by atoms with Crippen LogP contribution in [0.4, 0.5) is 0 Å². The van der Waals surface area contributed by atoms with Gasteiger partial charge in [0.25, 0.3) is 0 Å². The molecule has 2 heteroatoms. The number of carbonyl (C=O) groups excluding carboxylic acids is 1. The van der Waals surface area contributed by atoms with Crippen LogP contribution >= 0.6 is 0 Å². The Morgan fingerprint density at radius 2 is 1.43 bits per heavy atom. The van der Waals surface area contributed by atoms with Crippen LogP contribution in [-0.4, -0.2) is 5.97 Å². The number of ether oxygens (including phenoxy) is 1. The van der Waals surface area contributed by atoms with Crippen LogP contribution in [0.1, 0.15) is 21.5 Å². The van der Waals surface area contributed by atoms with Gasteiger partial charge in [0.05, 0.1) is 5.56 Å². The van der Waals surface area contributed by atoms with E-state index < -0.39 is 0 Å². The number of rotatable bonds is 3. The Labute approximate surface area is 136 Å². The molecule has 0 radical (unpaired) electrons. The van der Waals surface area contributed by atoms with Crippen molar-refractivity contribution < 1.29 is 9.53 Å². The molecule has 0 saturated carbocycles. The Bertz CT molecular complexity index is 818. The third kappa shape index (κ3) is 3.49. The predicted octanol–water partition coefficient (Wildman–Crippen LogP) is 5.19. The number of benzene rings is 3. The van der Waals surface area contributed by atoms with E-state index >= 15 is 0 Å². The lowest BCUT2D eigenvalue weighted by Gasteiger charge is -2.08. The lowest BCUT2D eigenvalue weighted by Crippen LogP contribution is -2.10. The number of carbonyl (C=O) groups is 1. The molecular weight excluding hydrogens is 284 g/mol. The maximum absolute atomic E-state index is 12.3. The molecule has 2 nitrogen and oxygen atoms in total. The molecule has 3 aromatic carbocycles. The van der Waals surface area contributed by atoms with Crippen molar-refractivity contribution in [3.05, 3.63) is 89.5 Å². The monoisotopic (exact) mass is 302 g/mol. The quantitative estimate of drug-likeness (QED) is 0.491. The summed E-state index contributed by atoms with van der Waals surface area (Å²) < 4.78 is 5.49. The van der Waals surface area contributed by atoms with E-state index in [9.17, 15) is 4.79 Å². The molecule has 23 heavy (non-hydrogen) atoms. The third-order valence-electron chi connectivity index (χ3n) is 3.78. The second-order valence-corrected chi connectivity index (χ2v) is 5.60. The Kier molecular flexibility index (Phi) is 4.24. The van der Waals surface area contributed by atoms with Gasteiger partial charge in [0, 0.05) is 0 Å². The van der Waals surface area contributed by atoms with Crippen LogP contribution in [0.2, 0.25) is 0 Å². The van der Waals surface area contributed by atoms with E-state index in [2.05, 4.69) is 12.1 Å². The Hall–Kier alpha value is -2.87. The molecule has 0 aromatic heterocycles. The summed E-state index contributed by atoms with van der Waals surface area (Å²) in [5.41, 5.74) is 4.80. The summed E-state index contributed by atoms with van der Waals surface area (Å²) in [7, 11) is 0. The van der Waals surface area contributed by atoms with Crippen molar-refractivity contribution in [2.24, 2.45) is 0 Å². The van der Waals surface area contributed by atoms with Crippen molar-refractivity contribution in [3.8, 4) is 16.9 Å². The van der Waals surface area contributed by atoms with Crippen LogP contribution in [0.25, 0.3) is 11.1 Å². The van der Waals surface area contributed by atoms with Crippen LogP contribution in [0.15, 0.2) is 72.8 Å². The Morgan fingerprint density at radius 3 is 2.13 bits per heavy atom. The van der Waals surface area contributed by atoms with Gasteiger partial charge < -0.3 is 4.74 Å². The maximum atomic E-state index is 12.3. The average molecular weight is 302 g/mol. The zero-order chi connectivity index (χ0) is 16.2. The van der Waals surface area contributed by atoms with E-state index in [-0.39, 0.29) is 5.97 Å². The number of aryl methyl sites for hydroxylation is 2. The summed E-state index contributed by atoms with van der Waals surface area (Å²) in [4.78, 5) is 12.3. The number of hydrogen-bond acceptors (Lipinski definition) is 2. The predicted molar refractivity (Wildman–Crippen MR) is 92.8 cm³/mol.